The minimum absolute atomic E-state index is 0.223. The monoisotopic (exact) mass is 512 g/mol. The van der Waals surface area contributed by atoms with E-state index in [2.05, 4.69) is 38.8 Å². The average molecular weight is 513 g/mol. The van der Waals surface area contributed by atoms with Crippen LogP contribution in [0.4, 0.5) is 5.69 Å². The van der Waals surface area contributed by atoms with Crippen LogP contribution in [-0.4, -0.2) is 33.2 Å². The van der Waals surface area contributed by atoms with Crippen LogP contribution in [0.25, 0.3) is 0 Å². The average Bonchev–Trinajstić information content (AvgIpc) is 3.30. The van der Waals surface area contributed by atoms with Crippen molar-refractivity contribution in [3.63, 3.8) is 0 Å². The van der Waals surface area contributed by atoms with E-state index in [1.54, 1.807) is 55.1 Å². The normalized spacial score (nSPS) is 10.6. The third-order valence-electron chi connectivity index (χ3n) is 5.55. The predicted molar refractivity (Wildman–Crippen MR) is 146 cm³/mol. The number of nitrogens with one attached hydrogen (secondary N) is 1. The molecule has 0 aliphatic rings. The molecule has 0 unspecified atom stereocenters. The van der Waals surface area contributed by atoms with Gasteiger partial charge >= 0.3 is 5.97 Å². The summed E-state index contributed by atoms with van der Waals surface area (Å²) in [4.78, 5) is 24.4. The van der Waals surface area contributed by atoms with E-state index in [9.17, 15) is 9.59 Å². The number of anilines is 1. The van der Waals surface area contributed by atoms with Gasteiger partial charge in [0, 0.05) is 30.0 Å². The Bertz CT molecular complexity index is 1350. The lowest BCUT2D eigenvalue weighted by atomic mass is 10.1. The van der Waals surface area contributed by atoms with E-state index in [0.29, 0.717) is 42.1 Å². The summed E-state index contributed by atoms with van der Waals surface area (Å²) in [5.74, 6) is 0.983. The first-order valence-electron chi connectivity index (χ1n) is 11.9. The van der Waals surface area contributed by atoms with E-state index in [1.807, 2.05) is 36.4 Å². The quantitative estimate of drug-likeness (QED) is 0.156. The molecule has 4 rings (SSSR count). The molecule has 0 fully saturated rings. The van der Waals surface area contributed by atoms with Crippen LogP contribution in [-0.2, 0) is 23.5 Å². The van der Waals surface area contributed by atoms with Gasteiger partial charge in [-0.3, -0.25) is 4.79 Å². The molecule has 0 saturated carbocycles. The van der Waals surface area contributed by atoms with Gasteiger partial charge in [0.15, 0.2) is 5.16 Å². The molecule has 1 N–H and O–H groups in total. The van der Waals surface area contributed by atoms with E-state index in [-0.39, 0.29) is 11.9 Å². The van der Waals surface area contributed by atoms with Gasteiger partial charge in [-0.1, -0.05) is 60.3 Å². The Morgan fingerprint density at radius 2 is 1.65 bits per heavy atom. The molecule has 188 valence electrons. The third kappa shape index (κ3) is 6.95. The molecule has 0 atom stereocenters. The van der Waals surface area contributed by atoms with Gasteiger partial charge in [0.2, 0.25) is 0 Å². The molecular weight excluding hydrogens is 484 g/mol. The Morgan fingerprint density at radius 1 is 0.946 bits per heavy atom. The van der Waals surface area contributed by atoms with Gasteiger partial charge in [0.1, 0.15) is 5.82 Å². The molecule has 8 heteroatoms. The zero-order valence-corrected chi connectivity index (χ0v) is 21.4. The van der Waals surface area contributed by atoms with E-state index in [0.717, 1.165) is 16.5 Å². The fourth-order valence-corrected chi connectivity index (χ4v) is 4.58. The molecule has 0 bridgehead atoms. The van der Waals surface area contributed by atoms with Gasteiger partial charge in [-0.25, -0.2) is 4.79 Å². The number of carbonyl (C=O) groups excluding carboxylic acids is 2. The number of benzene rings is 3. The maximum Gasteiger partial charge on any atom is 0.338 e. The molecular formula is C29H28N4O3S. The first kappa shape index (κ1) is 25.9. The van der Waals surface area contributed by atoms with E-state index >= 15 is 0 Å². The van der Waals surface area contributed by atoms with E-state index in [1.165, 1.54) is 5.56 Å². The number of thioether (sulfide) groups is 1. The Labute approximate surface area is 220 Å². The smallest absolute Gasteiger partial charge is 0.338 e. The number of amides is 1. The van der Waals surface area contributed by atoms with Crippen molar-refractivity contribution in [3.05, 3.63) is 120 Å². The van der Waals surface area contributed by atoms with Gasteiger partial charge in [0.25, 0.3) is 5.91 Å². The molecule has 4 aromatic rings. The maximum atomic E-state index is 12.7. The van der Waals surface area contributed by atoms with Crippen LogP contribution in [0.3, 0.4) is 0 Å². The molecule has 0 radical (unpaired) electrons. The Hall–Kier alpha value is -4.17. The van der Waals surface area contributed by atoms with Gasteiger partial charge < -0.3 is 14.6 Å². The maximum absolute atomic E-state index is 12.7. The summed E-state index contributed by atoms with van der Waals surface area (Å²) in [6.45, 7) is 6.58. The summed E-state index contributed by atoms with van der Waals surface area (Å²) < 4.78 is 7.06. The zero-order valence-electron chi connectivity index (χ0n) is 20.6. The first-order valence-corrected chi connectivity index (χ1v) is 12.9. The number of nitrogens with zero attached hydrogens (tertiary/aromatic N) is 3. The highest BCUT2D eigenvalue weighted by Gasteiger charge is 2.13. The number of ether oxygens (including phenoxy) is 1. The largest absolute Gasteiger partial charge is 0.462 e. The summed E-state index contributed by atoms with van der Waals surface area (Å²) in [6.07, 6.45) is 2.55. The third-order valence-corrected chi connectivity index (χ3v) is 6.59. The highest BCUT2D eigenvalue weighted by atomic mass is 32.2. The molecule has 1 heterocycles. The van der Waals surface area contributed by atoms with Crippen molar-refractivity contribution < 1.29 is 14.3 Å². The molecule has 0 aliphatic heterocycles. The molecule has 7 nitrogen and oxygen atoms in total. The second-order valence-corrected chi connectivity index (χ2v) is 9.14. The van der Waals surface area contributed by atoms with Gasteiger partial charge in [-0.05, 0) is 54.4 Å². The predicted octanol–water partition coefficient (Wildman–Crippen LogP) is 5.78. The fraction of sp³-hybridized carbons (Fsp3) is 0.172. The number of aromatic nitrogens is 3. The van der Waals surface area contributed by atoms with Crippen molar-refractivity contribution in [2.24, 2.45) is 0 Å². The van der Waals surface area contributed by atoms with Crippen molar-refractivity contribution in [2.45, 2.75) is 30.8 Å². The van der Waals surface area contributed by atoms with Crippen LogP contribution in [0.15, 0.2) is 96.7 Å². The summed E-state index contributed by atoms with van der Waals surface area (Å²) >= 11 is 1.60. The standard InChI is InChI=1S/C29H28N4O3S/c1-3-18-33-26(19-21-8-6-5-7-9-21)31-32-29(33)37-20-22-10-12-23(13-11-22)27(34)30-25-16-14-24(15-17-25)28(35)36-4-2/h3,5-17H,1,4,18-20H2,2H3,(H,30,34). The van der Waals surface area contributed by atoms with Gasteiger partial charge in [-0.2, -0.15) is 0 Å². The highest BCUT2D eigenvalue weighted by Crippen LogP contribution is 2.23. The number of hydrogen-bond acceptors (Lipinski definition) is 6. The Kier molecular flexibility index (Phi) is 8.89. The van der Waals surface area contributed by atoms with Gasteiger partial charge in [0.05, 0.1) is 12.2 Å². The lowest BCUT2D eigenvalue weighted by Crippen LogP contribution is -2.12. The second-order valence-electron chi connectivity index (χ2n) is 8.20. The second kappa shape index (κ2) is 12.7. The number of hydrogen-bond donors (Lipinski definition) is 1. The van der Waals surface area contributed by atoms with Crippen molar-refractivity contribution in [1.82, 2.24) is 14.8 Å². The van der Waals surface area contributed by atoms with Crippen molar-refractivity contribution in [3.8, 4) is 0 Å². The highest BCUT2D eigenvalue weighted by molar-refractivity contribution is 7.98. The molecule has 0 spiro atoms. The van der Waals surface area contributed by atoms with Crippen LogP contribution in [0.1, 0.15) is 44.6 Å². The van der Waals surface area contributed by atoms with Crippen LogP contribution >= 0.6 is 11.8 Å². The Morgan fingerprint density at radius 3 is 2.32 bits per heavy atom. The lowest BCUT2D eigenvalue weighted by molar-refractivity contribution is 0.0526. The van der Waals surface area contributed by atoms with Gasteiger partial charge in [-0.15, -0.1) is 16.8 Å². The minimum atomic E-state index is -0.385. The van der Waals surface area contributed by atoms with Crippen LogP contribution in [0.5, 0.6) is 0 Å². The van der Waals surface area contributed by atoms with E-state index < -0.39 is 0 Å². The van der Waals surface area contributed by atoms with Crippen LogP contribution < -0.4 is 5.32 Å². The zero-order chi connectivity index (χ0) is 26.0. The number of carbonyl (C=O) groups is 2. The molecule has 37 heavy (non-hydrogen) atoms. The molecule has 0 saturated heterocycles. The summed E-state index contributed by atoms with van der Waals surface area (Å²) in [7, 11) is 0. The molecule has 3 aromatic carbocycles. The molecule has 1 aromatic heterocycles. The summed E-state index contributed by atoms with van der Waals surface area (Å²) in [5, 5.41) is 12.5. The number of rotatable bonds is 11. The molecule has 1 amide bonds. The topological polar surface area (TPSA) is 86.1 Å². The minimum Gasteiger partial charge on any atom is -0.462 e. The first-order chi connectivity index (χ1) is 18.1. The Balaban J connectivity index is 1.35. The molecule has 0 aliphatic carbocycles. The summed E-state index contributed by atoms with van der Waals surface area (Å²) in [5.41, 5.74) is 3.84. The van der Waals surface area contributed by atoms with Crippen molar-refractivity contribution in [2.75, 3.05) is 11.9 Å². The number of allylic oxidation sites excluding steroid dienone is 1. The van der Waals surface area contributed by atoms with E-state index in [4.69, 9.17) is 4.74 Å². The van der Waals surface area contributed by atoms with Crippen LogP contribution in [0, 0.1) is 0 Å². The lowest BCUT2D eigenvalue weighted by Gasteiger charge is -2.09. The summed E-state index contributed by atoms with van der Waals surface area (Å²) in [6, 6.07) is 24.3. The fourth-order valence-electron chi connectivity index (χ4n) is 3.65. The van der Waals surface area contributed by atoms with Crippen molar-refractivity contribution in [1.29, 1.82) is 0 Å². The number of esters is 1. The van der Waals surface area contributed by atoms with Crippen molar-refractivity contribution >= 4 is 29.3 Å². The SMILES string of the molecule is C=CCn1c(Cc2ccccc2)nnc1SCc1ccc(C(=O)Nc2ccc(C(=O)OCC)cc2)cc1. The van der Waals surface area contributed by atoms with Crippen LogP contribution in [0.2, 0.25) is 0 Å².